The van der Waals surface area contributed by atoms with Crippen molar-refractivity contribution in [2.24, 2.45) is 0 Å². The van der Waals surface area contributed by atoms with E-state index in [9.17, 15) is 4.79 Å². The summed E-state index contributed by atoms with van der Waals surface area (Å²) in [5, 5.41) is 3.09. The predicted molar refractivity (Wildman–Crippen MR) is 104 cm³/mol. The summed E-state index contributed by atoms with van der Waals surface area (Å²) in [4.78, 5) is 17.8. The number of hydrogen-bond acceptors (Lipinski definition) is 3. The fourth-order valence-corrected chi connectivity index (χ4v) is 3.39. The van der Waals surface area contributed by atoms with Crippen LogP contribution in [0.5, 0.6) is 5.75 Å². The summed E-state index contributed by atoms with van der Waals surface area (Å²) < 4.78 is 7.48. The number of rotatable bonds is 5. The number of fused-ring (bicyclic) bond motifs is 1. The second-order valence-electron chi connectivity index (χ2n) is 6.49. The summed E-state index contributed by atoms with van der Waals surface area (Å²) in [6.45, 7) is 10.6. The van der Waals surface area contributed by atoms with Crippen LogP contribution in [0.15, 0.2) is 30.5 Å². The first kappa shape index (κ1) is 18.0. The zero-order chi connectivity index (χ0) is 18.8. The molecule has 5 heteroatoms. The van der Waals surface area contributed by atoms with Gasteiger partial charge in [-0.25, -0.2) is 4.98 Å². The molecular formula is C21H25N3O2. The predicted octanol–water partition coefficient (Wildman–Crippen LogP) is 4.47. The Balaban J connectivity index is 2.07. The molecule has 0 spiro atoms. The van der Waals surface area contributed by atoms with Gasteiger partial charge in [0.25, 0.3) is 5.91 Å². The standard InChI is InChI=1S/C21H25N3O2/c1-6-16-19(24-10-8-9-17(26-7-2)20(24)22-16)21(25)23-18-14(4)11-13(3)12-15(18)5/h8-12H,6-7H2,1-5H3,(H,23,25). The Hall–Kier alpha value is -2.82. The molecule has 0 unspecified atom stereocenters. The van der Waals surface area contributed by atoms with Crippen LogP contribution in [0, 0.1) is 20.8 Å². The van der Waals surface area contributed by atoms with Crippen LogP contribution in [0.4, 0.5) is 5.69 Å². The van der Waals surface area contributed by atoms with Crippen molar-refractivity contribution in [2.75, 3.05) is 11.9 Å². The second kappa shape index (κ2) is 7.20. The third kappa shape index (κ3) is 3.17. The van der Waals surface area contributed by atoms with Gasteiger partial charge >= 0.3 is 0 Å². The fourth-order valence-electron chi connectivity index (χ4n) is 3.39. The maximum absolute atomic E-state index is 13.1. The number of anilines is 1. The highest BCUT2D eigenvalue weighted by Gasteiger charge is 2.21. The van der Waals surface area contributed by atoms with E-state index >= 15 is 0 Å². The molecule has 0 radical (unpaired) electrons. The van der Waals surface area contributed by atoms with E-state index in [-0.39, 0.29) is 5.91 Å². The van der Waals surface area contributed by atoms with Crippen molar-refractivity contribution in [3.63, 3.8) is 0 Å². The van der Waals surface area contributed by atoms with Gasteiger partial charge in [-0.05, 0) is 57.4 Å². The van der Waals surface area contributed by atoms with Crippen LogP contribution < -0.4 is 10.1 Å². The number of ether oxygens (including phenoxy) is 1. The molecule has 2 heterocycles. The van der Waals surface area contributed by atoms with Crippen LogP contribution in [0.2, 0.25) is 0 Å². The lowest BCUT2D eigenvalue weighted by Crippen LogP contribution is -2.17. The lowest BCUT2D eigenvalue weighted by molar-refractivity contribution is 0.102. The summed E-state index contributed by atoms with van der Waals surface area (Å²) in [7, 11) is 0. The normalized spacial score (nSPS) is 11.0. The third-order valence-electron chi connectivity index (χ3n) is 4.45. The van der Waals surface area contributed by atoms with E-state index in [0.717, 1.165) is 22.5 Å². The molecule has 1 aromatic carbocycles. The fraction of sp³-hybridized carbons (Fsp3) is 0.333. The Kier molecular flexibility index (Phi) is 4.98. The first-order valence-corrected chi connectivity index (χ1v) is 8.98. The Labute approximate surface area is 154 Å². The van der Waals surface area contributed by atoms with Crippen molar-refractivity contribution >= 4 is 17.2 Å². The zero-order valence-corrected chi connectivity index (χ0v) is 16.0. The maximum Gasteiger partial charge on any atom is 0.274 e. The number of pyridine rings is 1. The Bertz CT molecular complexity index is 950. The molecule has 0 aliphatic heterocycles. The van der Waals surface area contributed by atoms with Gasteiger partial charge in [0.05, 0.1) is 12.3 Å². The Morgan fingerprint density at radius 2 is 1.88 bits per heavy atom. The minimum Gasteiger partial charge on any atom is -0.490 e. The second-order valence-corrected chi connectivity index (χ2v) is 6.49. The Morgan fingerprint density at radius 3 is 2.50 bits per heavy atom. The van der Waals surface area contributed by atoms with E-state index in [1.807, 2.05) is 50.4 Å². The SMILES string of the molecule is CCOc1cccn2c(C(=O)Nc3c(C)cc(C)cc3C)c(CC)nc12. The molecule has 3 aromatic rings. The quantitative estimate of drug-likeness (QED) is 0.738. The van der Waals surface area contributed by atoms with E-state index in [1.165, 1.54) is 5.56 Å². The van der Waals surface area contributed by atoms with Crippen LogP contribution >= 0.6 is 0 Å². The van der Waals surface area contributed by atoms with Gasteiger partial charge in [0, 0.05) is 11.9 Å². The highest BCUT2D eigenvalue weighted by atomic mass is 16.5. The summed E-state index contributed by atoms with van der Waals surface area (Å²) in [5.41, 5.74) is 6.15. The highest BCUT2D eigenvalue weighted by Crippen LogP contribution is 2.26. The third-order valence-corrected chi connectivity index (χ3v) is 4.45. The number of benzene rings is 1. The maximum atomic E-state index is 13.1. The molecule has 0 saturated heterocycles. The van der Waals surface area contributed by atoms with Crippen molar-refractivity contribution in [1.29, 1.82) is 0 Å². The van der Waals surface area contributed by atoms with Crippen LogP contribution in [0.3, 0.4) is 0 Å². The van der Waals surface area contributed by atoms with E-state index < -0.39 is 0 Å². The van der Waals surface area contributed by atoms with E-state index in [0.29, 0.717) is 30.1 Å². The number of nitrogens with one attached hydrogen (secondary N) is 1. The minimum atomic E-state index is -0.155. The van der Waals surface area contributed by atoms with Crippen molar-refractivity contribution in [2.45, 2.75) is 41.0 Å². The number of aromatic nitrogens is 2. The minimum absolute atomic E-state index is 0.155. The molecular weight excluding hydrogens is 326 g/mol. The van der Waals surface area contributed by atoms with E-state index in [4.69, 9.17) is 4.74 Å². The van der Waals surface area contributed by atoms with Gasteiger partial charge in [-0.15, -0.1) is 0 Å². The van der Waals surface area contributed by atoms with Gasteiger partial charge in [0.2, 0.25) is 0 Å². The summed E-state index contributed by atoms with van der Waals surface area (Å²) in [6.07, 6.45) is 2.52. The first-order valence-electron chi connectivity index (χ1n) is 8.98. The lowest BCUT2D eigenvalue weighted by atomic mass is 10.0. The number of nitrogens with zero attached hydrogens (tertiary/aromatic N) is 2. The molecule has 3 rings (SSSR count). The summed E-state index contributed by atoms with van der Waals surface area (Å²) in [6, 6.07) is 7.90. The van der Waals surface area contributed by atoms with Gasteiger partial charge in [-0.2, -0.15) is 0 Å². The molecule has 2 aromatic heterocycles. The molecule has 0 atom stereocenters. The number of carbonyl (C=O) groups excluding carboxylic acids is 1. The van der Waals surface area contributed by atoms with Crippen molar-refractivity contribution in [1.82, 2.24) is 9.38 Å². The number of amides is 1. The lowest BCUT2D eigenvalue weighted by Gasteiger charge is -2.13. The van der Waals surface area contributed by atoms with Gasteiger partial charge < -0.3 is 10.1 Å². The van der Waals surface area contributed by atoms with Crippen LogP contribution in [-0.4, -0.2) is 21.9 Å². The highest BCUT2D eigenvalue weighted by molar-refractivity contribution is 6.05. The average Bonchev–Trinajstić information content (AvgIpc) is 2.98. The summed E-state index contributed by atoms with van der Waals surface area (Å²) in [5.74, 6) is 0.532. The molecule has 26 heavy (non-hydrogen) atoms. The molecule has 136 valence electrons. The zero-order valence-electron chi connectivity index (χ0n) is 16.0. The number of imidazole rings is 1. The average molecular weight is 351 g/mol. The molecule has 0 bridgehead atoms. The van der Waals surface area contributed by atoms with Crippen molar-refractivity contribution in [3.05, 3.63) is 58.5 Å². The monoisotopic (exact) mass is 351 g/mol. The number of carbonyl (C=O) groups is 1. The molecule has 1 amide bonds. The van der Waals surface area contributed by atoms with Gasteiger partial charge in [-0.3, -0.25) is 9.20 Å². The van der Waals surface area contributed by atoms with Crippen LogP contribution in [0.1, 0.15) is 46.7 Å². The molecule has 0 fully saturated rings. The van der Waals surface area contributed by atoms with Gasteiger partial charge in [0.15, 0.2) is 11.4 Å². The smallest absolute Gasteiger partial charge is 0.274 e. The summed E-state index contributed by atoms with van der Waals surface area (Å²) >= 11 is 0. The van der Waals surface area contributed by atoms with Crippen LogP contribution in [-0.2, 0) is 6.42 Å². The number of hydrogen-bond donors (Lipinski definition) is 1. The molecule has 1 N–H and O–H groups in total. The number of aryl methyl sites for hydroxylation is 4. The van der Waals surface area contributed by atoms with Crippen molar-refractivity contribution < 1.29 is 9.53 Å². The van der Waals surface area contributed by atoms with E-state index in [1.54, 1.807) is 0 Å². The Morgan fingerprint density at radius 1 is 1.19 bits per heavy atom. The van der Waals surface area contributed by atoms with Crippen LogP contribution in [0.25, 0.3) is 5.65 Å². The molecule has 0 aliphatic carbocycles. The molecule has 0 saturated carbocycles. The molecule has 0 aliphatic rings. The first-order chi connectivity index (χ1) is 12.5. The van der Waals surface area contributed by atoms with Crippen molar-refractivity contribution in [3.8, 4) is 5.75 Å². The van der Waals surface area contributed by atoms with E-state index in [2.05, 4.69) is 29.4 Å². The van der Waals surface area contributed by atoms with Gasteiger partial charge in [-0.1, -0.05) is 24.6 Å². The molecule has 5 nitrogen and oxygen atoms in total. The van der Waals surface area contributed by atoms with Gasteiger partial charge in [0.1, 0.15) is 5.69 Å². The largest absolute Gasteiger partial charge is 0.490 e. The topological polar surface area (TPSA) is 55.6 Å².